The van der Waals surface area contributed by atoms with E-state index in [0.29, 0.717) is 15.7 Å². The molecule has 1 N–H and O–H groups in total. The third-order valence-electron chi connectivity index (χ3n) is 3.20. The van der Waals surface area contributed by atoms with Crippen molar-refractivity contribution >= 4 is 44.2 Å². The summed E-state index contributed by atoms with van der Waals surface area (Å²) >= 11 is 7.50. The van der Waals surface area contributed by atoms with Crippen molar-refractivity contribution < 1.29 is 4.79 Å². The summed E-state index contributed by atoms with van der Waals surface area (Å²) in [7, 11) is 0. The monoisotopic (exact) mass is 316 g/mol. The van der Waals surface area contributed by atoms with Gasteiger partial charge in [-0.25, -0.2) is 4.98 Å². The van der Waals surface area contributed by atoms with Crippen LogP contribution >= 0.6 is 22.9 Å². The highest BCUT2D eigenvalue weighted by molar-refractivity contribution is 7.22. The van der Waals surface area contributed by atoms with Crippen LogP contribution in [0.4, 0.5) is 5.13 Å². The van der Waals surface area contributed by atoms with Crippen LogP contribution < -0.4 is 5.32 Å². The number of carbonyl (C=O) groups excluding carboxylic acids is 1. The molecule has 0 aliphatic carbocycles. The summed E-state index contributed by atoms with van der Waals surface area (Å²) in [5.74, 6) is -0.240. The molecule has 3 rings (SSSR count). The molecule has 21 heavy (non-hydrogen) atoms. The minimum Gasteiger partial charge on any atom is -0.298 e. The molecular formula is C16H13ClN2OS. The van der Waals surface area contributed by atoms with Crippen molar-refractivity contribution in [1.82, 2.24) is 4.98 Å². The number of nitrogens with zero attached hydrogens (tertiary/aromatic N) is 1. The topological polar surface area (TPSA) is 42.0 Å². The third kappa shape index (κ3) is 2.91. The standard InChI is InChI=1S/C16H13ClN2OS/c1-2-10-7-8-13-14(9-10)21-16(18-13)19-15(20)11-5-3-4-6-12(11)17/h3-9H,2H2,1H3,(H,18,19,20). The van der Waals surface area contributed by atoms with Crippen LogP contribution in [0.3, 0.4) is 0 Å². The Bertz CT molecular complexity index is 813. The van der Waals surface area contributed by atoms with Crippen molar-refractivity contribution in [3.05, 3.63) is 58.6 Å². The summed E-state index contributed by atoms with van der Waals surface area (Å²) in [5.41, 5.74) is 2.61. The summed E-state index contributed by atoms with van der Waals surface area (Å²) < 4.78 is 1.07. The van der Waals surface area contributed by atoms with Crippen LogP contribution in [-0.4, -0.2) is 10.9 Å². The average Bonchev–Trinajstić information content (AvgIpc) is 2.88. The summed E-state index contributed by atoms with van der Waals surface area (Å²) in [5, 5.41) is 3.83. The quantitative estimate of drug-likeness (QED) is 0.756. The van der Waals surface area contributed by atoms with Crippen LogP contribution in [0.1, 0.15) is 22.8 Å². The van der Waals surface area contributed by atoms with E-state index in [0.717, 1.165) is 16.6 Å². The summed E-state index contributed by atoms with van der Waals surface area (Å²) in [6, 6.07) is 13.1. The smallest absolute Gasteiger partial charge is 0.258 e. The second kappa shape index (κ2) is 5.84. The van der Waals surface area contributed by atoms with Gasteiger partial charge in [0.1, 0.15) is 0 Å². The van der Waals surface area contributed by atoms with E-state index in [2.05, 4.69) is 29.4 Å². The van der Waals surface area contributed by atoms with E-state index >= 15 is 0 Å². The lowest BCUT2D eigenvalue weighted by atomic mass is 10.2. The Morgan fingerprint density at radius 3 is 2.86 bits per heavy atom. The number of nitrogens with one attached hydrogen (secondary N) is 1. The predicted molar refractivity (Wildman–Crippen MR) is 88.4 cm³/mol. The first-order valence-electron chi connectivity index (χ1n) is 6.62. The Morgan fingerprint density at radius 1 is 1.29 bits per heavy atom. The minimum atomic E-state index is -0.240. The van der Waals surface area contributed by atoms with Crippen molar-refractivity contribution in [3.8, 4) is 0 Å². The molecule has 0 spiro atoms. The third-order valence-corrected chi connectivity index (χ3v) is 4.46. The molecule has 0 unspecified atom stereocenters. The molecule has 5 heteroatoms. The number of benzene rings is 2. The molecule has 3 nitrogen and oxygen atoms in total. The van der Waals surface area contributed by atoms with E-state index in [-0.39, 0.29) is 5.91 Å². The number of amides is 1. The zero-order chi connectivity index (χ0) is 14.8. The lowest BCUT2D eigenvalue weighted by molar-refractivity contribution is 0.102. The van der Waals surface area contributed by atoms with E-state index in [1.807, 2.05) is 6.07 Å². The maximum Gasteiger partial charge on any atom is 0.258 e. The fourth-order valence-electron chi connectivity index (χ4n) is 2.05. The van der Waals surface area contributed by atoms with Crippen molar-refractivity contribution in [1.29, 1.82) is 0 Å². The van der Waals surface area contributed by atoms with Gasteiger partial charge in [-0.3, -0.25) is 10.1 Å². The first-order valence-corrected chi connectivity index (χ1v) is 7.82. The van der Waals surface area contributed by atoms with Crippen LogP contribution in [0.2, 0.25) is 5.02 Å². The van der Waals surface area contributed by atoms with Crippen LogP contribution in [0.5, 0.6) is 0 Å². The molecule has 3 aromatic rings. The number of rotatable bonds is 3. The normalized spacial score (nSPS) is 10.8. The first-order chi connectivity index (χ1) is 10.2. The molecule has 0 saturated heterocycles. The number of hydrogen-bond acceptors (Lipinski definition) is 3. The van der Waals surface area contributed by atoms with Gasteiger partial charge in [0.15, 0.2) is 5.13 Å². The molecule has 0 atom stereocenters. The number of hydrogen-bond donors (Lipinski definition) is 1. The van der Waals surface area contributed by atoms with Crippen LogP contribution in [0.15, 0.2) is 42.5 Å². The van der Waals surface area contributed by atoms with E-state index in [9.17, 15) is 4.79 Å². The van der Waals surface area contributed by atoms with Gasteiger partial charge in [0.05, 0.1) is 20.8 Å². The van der Waals surface area contributed by atoms with E-state index in [1.165, 1.54) is 16.9 Å². The Morgan fingerprint density at radius 2 is 2.10 bits per heavy atom. The molecule has 0 fully saturated rings. The van der Waals surface area contributed by atoms with E-state index < -0.39 is 0 Å². The SMILES string of the molecule is CCc1ccc2nc(NC(=O)c3ccccc3Cl)sc2c1. The van der Waals surface area contributed by atoms with E-state index in [4.69, 9.17) is 11.6 Å². The van der Waals surface area contributed by atoms with Crippen molar-refractivity contribution in [2.75, 3.05) is 5.32 Å². The van der Waals surface area contributed by atoms with Gasteiger partial charge >= 0.3 is 0 Å². The van der Waals surface area contributed by atoms with Crippen LogP contribution in [0.25, 0.3) is 10.2 Å². The lowest BCUT2D eigenvalue weighted by Crippen LogP contribution is -2.11. The molecule has 0 aliphatic rings. The van der Waals surface area contributed by atoms with Gasteiger partial charge in [-0.05, 0) is 36.2 Å². The van der Waals surface area contributed by atoms with Crippen molar-refractivity contribution in [2.45, 2.75) is 13.3 Å². The van der Waals surface area contributed by atoms with Gasteiger partial charge in [0, 0.05) is 0 Å². The molecule has 1 heterocycles. The lowest BCUT2D eigenvalue weighted by Gasteiger charge is -2.02. The largest absolute Gasteiger partial charge is 0.298 e. The number of aryl methyl sites for hydroxylation is 1. The number of thiazole rings is 1. The zero-order valence-electron chi connectivity index (χ0n) is 11.4. The minimum absolute atomic E-state index is 0.240. The van der Waals surface area contributed by atoms with E-state index in [1.54, 1.807) is 24.3 Å². The molecule has 1 aromatic heterocycles. The molecule has 106 valence electrons. The maximum absolute atomic E-state index is 12.2. The van der Waals surface area contributed by atoms with Gasteiger partial charge in [-0.2, -0.15) is 0 Å². The van der Waals surface area contributed by atoms with Gasteiger partial charge in [-0.15, -0.1) is 0 Å². The highest BCUT2D eigenvalue weighted by Crippen LogP contribution is 2.27. The fraction of sp³-hybridized carbons (Fsp3) is 0.125. The second-order valence-electron chi connectivity index (χ2n) is 4.61. The molecule has 0 bridgehead atoms. The van der Waals surface area contributed by atoms with Crippen molar-refractivity contribution in [2.24, 2.45) is 0 Å². The molecule has 2 aromatic carbocycles. The molecular weight excluding hydrogens is 304 g/mol. The Hall–Kier alpha value is -1.91. The highest BCUT2D eigenvalue weighted by Gasteiger charge is 2.12. The Kier molecular flexibility index (Phi) is 3.90. The Balaban J connectivity index is 1.88. The number of halogens is 1. The number of carbonyl (C=O) groups is 1. The first kappa shape index (κ1) is 14.0. The molecule has 0 aliphatic heterocycles. The van der Waals surface area contributed by atoms with Gasteiger partial charge in [0.2, 0.25) is 0 Å². The Labute approximate surface area is 131 Å². The zero-order valence-corrected chi connectivity index (χ0v) is 13.0. The number of fused-ring (bicyclic) bond motifs is 1. The summed E-state index contributed by atoms with van der Waals surface area (Å²) in [4.78, 5) is 16.6. The summed E-state index contributed by atoms with van der Waals surface area (Å²) in [6.07, 6.45) is 0.981. The molecule has 0 saturated carbocycles. The second-order valence-corrected chi connectivity index (χ2v) is 6.05. The highest BCUT2D eigenvalue weighted by atomic mass is 35.5. The van der Waals surface area contributed by atoms with Crippen LogP contribution in [-0.2, 0) is 6.42 Å². The van der Waals surface area contributed by atoms with Crippen molar-refractivity contribution in [3.63, 3.8) is 0 Å². The molecule has 1 amide bonds. The summed E-state index contributed by atoms with van der Waals surface area (Å²) in [6.45, 7) is 2.11. The number of aromatic nitrogens is 1. The predicted octanol–water partition coefficient (Wildman–Crippen LogP) is 4.76. The van der Waals surface area contributed by atoms with Crippen LogP contribution in [0, 0.1) is 0 Å². The van der Waals surface area contributed by atoms with Gasteiger partial charge < -0.3 is 0 Å². The fourth-order valence-corrected chi connectivity index (χ4v) is 3.20. The van der Waals surface area contributed by atoms with Gasteiger partial charge in [-0.1, -0.05) is 48.1 Å². The maximum atomic E-state index is 12.2. The van der Waals surface area contributed by atoms with Gasteiger partial charge in [0.25, 0.3) is 5.91 Å². The molecule has 0 radical (unpaired) electrons. The number of anilines is 1. The average molecular weight is 317 g/mol.